The first-order valence-electron chi connectivity index (χ1n) is 18.3. The molecular formula is C41H52N8O7. The number of carbonyl (C=O) groups is 4. The van der Waals surface area contributed by atoms with Crippen LogP contribution in [0.3, 0.4) is 0 Å². The molecule has 4 aromatic rings. The fraction of sp³-hybridized carbons (Fsp3) is 0.366. The second kappa shape index (κ2) is 18.8. The first-order chi connectivity index (χ1) is 26.5. The van der Waals surface area contributed by atoms with Gasteiger partial charge in [-0.15, -0.1) is 0 Å². The van der Waals surface area contributed by atoms with Crippen molar-refractivity contribution in [3.63, 3.8) is 0 Å². The van der Waals surface area contributed by atoms with Gasteiger partial charge >= 0.3 is 18.3 Å². The Balaban J connectivity index is 1.76. The summed E-state index contributed by atoms with van der Waals surface area (Å²) in [6, 6.07) is 28.6. The Labute approximate surface area is 327 Å². The third kappa shape index (κ3) is 12.3. The number of ether oxygens (including phenoxy) is 2. The number of aliphatic imine (C=N–C) groups is 1. The van der Waals surface area contributed by atoms with Crippen molar-refractivity contribution in [3.8, 4) is 0 Å². The van der Waals surface area contributed by atoms with E-state index in [-0.39, 0.29) is 18.9 Å². The van der Waals surface area contributed by atoms with Crippen molar-refractivity contribution < 1.29 is 33.8 Å². The summed E-state index contributed by atoms with van der Waals surface area (Å²) >= 11 is 0. The molecule has 1 aromatic heterocycles. The van der Waals surface area contributed by atoms with Crippen LogP contribution in [0.5, 0.6) is 0 Å². The summed E-state index contributed by atoms with van der Waals surface area (Å²) in [5.74, 6) is -0.494. The van der Waals surface area contributed by atoms with E-state index in [2.05, 4.69) is 36.7 Å². The molecule has 1 heterocycles. The smallest absolute Gasteiger partial charge is 0.414 e. The number of hydrogen-bond donors (Lipinski definition) is 6. The Hall–Kier alpha value is -6.38. The van der Waals surface area contributed by atoms with Crippen molar-refractivity contribution >= 4 is 41.7 Å². The van der Waals surface area contributed by atoms with Gasteiger partial charge in [0.05, 0.1) is 6.20 Å². The second-order valence-electron chi connectivity index (χ2n) is 15.0. The molecule has 0 saturated carbocycles. The highest BCUT2D eigenvalue weighted by Gasteiger charge is 2.38. The number of amides is 4. The number of nitrogens with one attached hydrogen (secondary N) is 5. The number of carbonyl (C=O) groups excluding carboxylic acids is 3. The molecule has 0 aliphatic rings. The number of benzene rings is 3. The second-order valence-corrected chi connectivity index (χ2v) is 15.0. The molecule has 0 aliphatic carbocycles. The average Bonchev–Trinajstić information content (AvgIpc) is 3.46. The van der Waals surface area contributed by atoms with E-state index in [4.69, 9.17) is 14.6 Å². The van der Waals surface area contributed by atoms with E-state index in [0.717, 1.165) is 16.7 Å². The molecule has 0 saturated heterocycles. The van der Waals surface area contributed by atoms with Crippen molar-refractivity contribution in [1.29, 1.82) is 0 Å². The van der Waals surface area contributed by atoms with Crippen molar-refractivity contribution in [2.75, 3.05) is 17.2 Å². The molecule has 0 aliphatic heterocycles. The monoisotopic (exact) mass is 768 g/mol. The summed E-state index contributed by atoms with van der Waals surface area (Å²) in [6.45, 7) is 10.2. The minimum atomic E-state index is -1.20. The lowest BCUT2D eigenvalue weighted by Crippen LogP contribution is -2.48. The van der Waals surface area contributed by atoms with E-state index in [1.54, 1.807) is 53.3 Å². The number of anilines is 2. The summed E-state index contributed by atoms with van der Waals surface area (Å²) in [6.07, 6.45) is -0.656. The fourth-order valence-corrected chi connectivity index (χ4v) is 5.82. The fourth-order valence-electron chi connectivity index (χ4n) is 5.82. The number of rotatable bonds is 13. The van der Waals surface area contributed by atoms with Crippen LogP contribution in [0.25, 0.3) is 0 Å². The van der Waals surface area contributed by atoms with Gasteiger partial charge in [0.1, 0.15) is 34.3 Å². The van der Waals surface area contributed by atoms with Gasteiger partial charge in [0.15, 0.2) is 0 Å². The van der Waals surface area contributed by atoms with Crippen LogP contribution >= 0.6 is 0 Å². The van der Waals surface area contributed by atoms with Crippen LogP contribution in [0.2, 0.25) is 0 Å². The molecular weight excluding hydrogens is 716 g/mol. The number of nitrogens with zero attached hydrogens (tertiary/aromatic N) is 3. The van der Waals surface area contributed by atoms with Crippen molar-refractivity contribution in [2.24, 2.45) is 12.0 Å². The molecule has 4 amide bonds. The zero-order valence-electron chi connectivity index (χ0n) is 32.9. The minimum Gasteiger partial charge on any atom is -0.465 e. The third-order valence-electron chi connectivity index (χ3n) is 8.13. The van der Waals surface area contributed by atoms with E-state index in [9.17, 15) is 19.2 Å². The number of hydrogen-bond acceptors (Lipinski definition) is 9. The summed E-state index contributed by atoms with van der Waals surface area (Å²) in [7, 11) is 1.75. The van der Waals surface area contributed by atoms with E-state index < -0.39 is 47.0 Å². The third-order valence-corrected chi connectivity index (χ3v) is 8.13. The molecule has 3 aromatic carbocycles. The van der Waals surface area contributed by atoms with E-state index in [1.165, 1.54) is 6.20 Å². The Morgan fingerprint density at radius 2 is 1.21 bits per heavy atom. The lowest BCUT2D eigenvalue weighted by atomic mass is 9.77. The summed E-state index contributed by atoms with van der Waals surface area (Å²) < 4.78 is 12.4. The number of unbranched alkanes of at least 4 members (excludes halogenated alkanes) is 1. The average molecular weight is 769 g/mol. The molecule has 56 heavy (non-hydrogen) atoms. The minimum absolute atomic E-state index is 0.105. The molecule has 0 fully saturated rings. The van der Waals surface area contributed by atoms with Crippen LogP contribution in [-0.2, 0) is 26.9 Å². The van der Waals surface area contributed by atoms with Crippen LogP contribution in [0, 0.1) is 0 Å². The highest BCUT2D eigenvalue weighted by molar-refractivity contribution is 6.04. The number of carboxylic acid groups (broad SMARTS) is 1. The zero-order chi connectivity index (χ0) is 40.9. The van der Waals surface area contributed by atoms with E-state index >= 15 is 0 Å². The highest BCUT2D eigenvalue weighted by atomic mass is 16.6. The predicted molar refractivity (Wildman–Crippen MR) is 215 cm³/mol. The molecule has 0 radical (unpaired) electrons. The van der Waals surface area contributed by atoms with Gasteiger partial charge in [0.2, 0.25) is 11.9 Å². The maximum atomic E-state index is 14.3. The standard InChI is InChI=1S/C41H52N8O7/c1-39(2,3)55-37(53)46-35(47-38(54)56-40(4,5)6)45-31(25-17-18-26-42-36(51)52)34(50)44-32-27-43-49(7)33(32)48-41(28-19-11-8-12-20-28,29-21-13-9-14-22-29)30-23-15-10-16-24-30/h8-16,19-24,27,31,42,48H,17-18,25-26H2,1-7H3,(H,44,50)(H,51,52)(H2,45,46,47,53,54)/t31-/m0/s1. The van der Waals surface area contributed by atoms with E-state index in [0.29, 0.717) is 24.3 Å². The Bertz CT molecular complexity index is 1830. The van der Waals surface area contributed by atoms with Gasteiger partial charge in [-0.3, -0.25) is 20.1 Å². The Kier molecular flexibility index (Phi) is 14.2. The lowest BCUT2D eigenvalue weighted by molar-refractivity contribution is -0.117. The van der Waals surface area contributed by atoms with Crippen LogP contribution in [0.15, 0.2) is 102 Å². The number of aryl methyl sites for hydroxylation is 1. The van der Waals surface area contributed by atoms with Crippen LogP contribution < -0.4 is 26.6 Å². The van der Waals surface area contributed by atoms with Gasteiger partial charge in [-0.25, -0.2) is 19.4 Å². The van der Waals surface area contributed by atoms with Crippen LogP contribution in [-0.4, -0.2) is 68.8 Å². The van der Waals surface area contributed by atoms with Crippen molar-refractivity contribution in [1.82, 2.24) is 25.7 Å². The Morgan fingerprint density at radius 3 is 1.64 bits per heavy atom. The van der Waals surface area contributed by atoms with E-state index in [1.807, 2.05) is 91.0 Å². The largest absolute Gasteiger partial charge is 0.465 e. The summed E-state index contributed by atoms with van der Waals surface area (Å²) in [5, 5.41) is 27.4. The summed E-state index contributed by atoms with van der Waals surface area (Å²) in [4.78, 5) is 55.6. The maximum Gasteiger partial charge on any atom is 0.414 e. The van der Waals surface area contributed by atoms with Gasteiger partial charge < -0.3 is 30.5 Å². The molecule has 0 bridgehead atoms. The predicted octanol–water partition coefficient (Wildman–Crippen LogP) is 6.97. The van der Waals surface area contributed by atoms with Crippen LogP contribution in [0.1, 0.15) is 77.5 Å². The van der Waals surface area contributed by atoms with Gasteiger partial charge in [-0.05, 0) is 77.5 Å². The molecule has 0 unspecified atom stereocenters. The molecule has 298 valence electrons. The van der Waals surface area contributed by atoms with Crippen molar-refractivity contribution in [2.45, 2.75) is 83.6 Å². The molecule has 15 nitrogen and oxygen atoms in total. The quantitative estimate of drug-likeness (QED) is 0.0360. The summed E-state index contributed by atoms with van der Waals surface area (Å²) in [5.41, 5.74) is 0.408. The van der Waals surface area contributed by atoms with Gasteiger partial charge in [0, 0.05) is 13.6 Å². The van der Waals surface area contributed by atoms with Gasteiger partial charge in [0.25, 0.3) is 0 Å². The normalized spacial score (nSPS) is 12.1. The highest BCUT2D eigenvalue weighted by Crippen LogP contribution is 2.41. The van der Waals surface area contributed by atoms with Crippen molar-refractivity contribution in [3.05, 3.63) is 114 Å². The zero-order valence-corrected chi connectivity index (χ0v) is 32.9. The number of alkyl carbamates (subject to hydrolysis) is 2. The Morgan fingerprint density at radius 1 is 0.750 bits per heavy atom. The van der Waals surface area contributed by atoms with Gasteiger partial charge in [-0.1, -0.05) is 91.0 Å². The number of aromatic nitrogens is 2. The first-order valence-corrected chi connectivity index (χ1v) is 18.3. The van der Waals surface area contributed by atoms with Crippen LogP contribution in [0.4, 0.5) is 25.9 Å². The lowest BCUT2D eigenvalue weighted by Gasteiger charge is -2.38. The first kappa shape index (κ1) is 42.4. The van der Waals surface area contributed by atoms with Gasteiger partial charge in [-0.2, -0.15) is 5.10 Å². The molecule has 0 spiro atoms. The molecule has 1 atom stereocenters. The molecule has 6 N–H and O–H groups in total. The maximum absolute atomic E-state index is 14.3. The molecule has 15 heteroatoms. The molecule has 4 rings (SSSR count). The SMILES string of the molecule is Cn1ncc(NC(=O)[C@H](CCCCNC(=O)O)N=C(NC(=O)OC(C)(C)C)NC(=O)OC(C)(C)C)c1NC(c1ccccc1)(c1ccccc1)c1ccccc1. The number of guanidine groups is 1. The topological polar surface area (TPSA) is 197 Å².